The molecule has 0 aliphatic rings. The Morgan fingerprint density at radius 2 is 1.75 bits per heavy atom. The molecule has 6 heteroatoms. The molecule has 0 aliphatic carbocycles. The van der Waals surface area contributed by atoms with E-state index < -0.39 is 17.0 Å². The molecule has 0 radical (unpaired) electrons. The molecule has 2 aromatic carbocycles. The van der Waals surface area contributed by atoms with Gasteiger partial charge in [0.15, 0.2) is 0 Å². The summed E-state index contributed by atoms with van der Waals surface area (Å²) in [6.45, 7) is 0. The molecule has 20 heavy (non-hydrogen) atoms. The molecule has 0 saturated carbocycles. The molecule has 0 saturated heterocycles. The first-order valence-electron chi connectivity index (χ1n) is 5.56. The SMILES string of the molecule is COc1ccc(C(Cl)c2cc(F)c(Br)cc2F)cc1Br. The van der Waals surface area contributed by atoms with Gasteiger partial charge in [-0.3, -0.25) is 0 Å². The van der Waals surface area contributed by atoms with Gasteiger partial charge in [0.1, 0.15) is 17.4 Å². The number of alkyl halides is 1. The van der Waals surface area contributed by atoms with Crippen molar-refractivity contribution in [3.63, 3.8) is 0 Å². The van der Waals surface area contributed by atoms with Gasteiger partial charge in [-0.25, -0.2) is 8.78 Å². The van der Waals surface area contributed by atoms with Crippen LogP contribution in [0.4, 0.5) is 8.78 Å². The third-order valence-electron chi connectivity index (χ3n) is 2.78. The van der Waals surface area contributed by atoms with E-state index in [0.717, 1.165) is 12.1 Å². The maximum absolute atomic E-state index is 13.9. The normalized spacial score (nSPS) is 12.3. The first kappa shape index (κ1) is 15.7. The molecule has 1 atom stereocenters. The summed E-state index contributed by atoms with van der Waals surface area (Å²) in [6, 6.07) is 7.30. The summed E-state index contributed by atoms with van der Waals surface area (Å²) in [7, 11) is 1.54. The van der Waals surface area contributed by atoms with Crippen LogP contribution in [0.3, 0.4) is 0 Å². The van der Waals surface area contributed by atoms with E-state index >= 15 is 0 Å². The molecular weight excluding hydrogens is 417 g/mol. The molecular formula is C14H9Br2ClF2O. The van der Waals surface area contributed by atoms with Crippen molar-refractivity contribution >= 4 is 43.5 Å². The Kier molecular flexibility index (Phi) is 5.04. The number of hydrogen-bond donors (Lipinski definition) is 0. The van der Waals surface area contributed by atoms with Crippen molar-refractivity contribution in [2.45, 2.75) is 5.38 Å². The quantitative estimate of drug-likeness (QED) is 0.444. The summed E-state index contributed by atoms with van der Waals surface area (Å²) < 4.78 is 33.3. The van der Waals surface area contributed by atoms with Crippen molar-refractivity contribution in [1.29, 1.82) is 0 Å². The topological polar surface area (TPSA) is 9.23 Å². The lowest BCUT2D eigenvalue weighted by atomic mass is 10.0. The lowest BCUT2D eigenvalue weighted by molar-refractivity contribution is 0.412. The third-order valence-corrected chi connectivity index (χ3v) is 4.50. The highest BCUT2D eigenvalue weighted by molar-refractivity contribution is 9.10. The van der Waals surface area contributed by atoms with Crippen molar-refractivity contribution in [3.8, 4) is 5.75 Å². The second kappa shape index (κ2) is 6.41. The van der Waals surface area contributed by atoms with E-state index in [0.29, 0.717) is 15.8 Å². The molecule has 1 unspecified atom stereocenters. The van der Waals surface area contributed by atoms with Gasteiger partial charge in [0.25, 0.3) is 0 Å². The molecule has 0 N–H and O–H groups in total. The van der Waals surface area contributed by atoms with E-state index in [1.807, 2.05) is 0 Å². The van der Waals surface area contributed by atoms with Gasteiger partial charge < -0.3 is 4.74 Å². The van der Waals surface area contributed by atoms with Crippen LogP contribution in [0.25, 0.3) is 0 Å². The van der Waals surface area contributed by atoms with E-state index in [-0.39, 0.29) is 10.0 Å². The van der Waals surface area contributed by atoms with Gasteiger partial charge in [0, 0.05) is 5.56 Å². The van der Waals surface area contributed by atoms with Crippen LogP contribution in [0, 0.1) is 11.6 Å². The standard InChI is InChI=1S/C14H9Br2ClF2O/c1-20-13-3-2-7(4-10(13)16)14(17)8-5-12(19)9(15)6-11(8)18/h2-6,14H,1H3. The summed E-state index contributed by atoms with van der Waals surface area (Å²) in [5.74, 6) is -0.482. The fourth-order valence-corrected chi connectivity index (χ4v) is 2.93. The Hall–Kier alpha value is -0.650. The first-order chi connectivity index (χ1) is 9.43. The van der Waals surface area contributed by atoms with E-state index in [4.69, 9.17) is 16.3 Å². The Labute approximate surface area is 137 Å². The van der Waals surface area contributed by atoms with Crippen LogP contribution < -0.4 is 4.74 Å². The Bertz CT molecular complexity index is 649. The van der Waals surface area contributed by atoms with Gasteiger partial charge in [0.05, 0.1) is 21.4 Å². The zero-order chi connectivity index (χ0) is 14.9. The van der Waals surface area contributed by atoms with Gasteiger partial charge in [0.2, 0.25) is 0 Å². The van der Waals surface area contributed by atoms with Crippen LogP contribution in [0.15, 0.2) is 39.3 Å². The molecule has 0 amide bonds. The molecule has 0 bridgehead atoms. The minimum atomic E-state index is -0.792. The molecule has 0 aliphatic heterocycles. The maximum Gasteiger partial charge on any atom is 0.137 e. The van der Waals surface area contributed by atoms with E-state index in [1.54, 1.807) is 25.3 Å². The zero-order valence-electron chi connectivity index (χ0n) is 10.3. The van der Waals surface area contributed by atoms with Gasteiger partial charge in [-0.2, -0.15) is 0 Å². The Morgan fingerprint density at radius 3 is 2.35 bits per heavy atom. The van der Waals surface area contributed by atoms with Crippen molar-refractivity contribution in [2.75, 3.05) is 7.11 Å². The largest absolute Gasteiger partial charge is 0.496 e. The smallest absolute Gasteiger partial charge is 0.137 e. The predicted octanol–water partition coefficient (Wildman–Crippen LogP) is 5.83. The van der Waals surface area contributed by atoms with Crippen LogP contribution in [0.2, 0.25) is 0 Å². The molecule has 0 fully saturated rings. The average molecular weight is 426 g/mol. The highest BCUT2D eigenvalue weighted by atomic mass is 79.9. The zero-order valence-corrected chi connectivity index (χ0v) is 14.2. The van der Waals surface area contributed by atoms with E-state index in [9.17, 15) is 8.78 Å². The van der Waals surface area contributed by atoms with Gasteiger partial charge in [-0.1, -0.05) is 6.07 Å². The summed E-state index contributed by atoms with van der Waals surface area (Å²) in [6.07, 6.45) is 0. The summed E-state index contributed by atoms with van der Waals surface area (Å²) in [5, 5.41) is -0.792. The molecule has 2 rings (SSSR count). The third kappa shape index (κ3) is 3.15. The van der Waals surface area contributed by atoms with Gasteiger partial charge >= 0.3 is 0 Å². The second-order valence-electron chi connectivity index (χ2n) is 4.04. The number of methoxy groups -OCH3 is 1. The van der Waals surface area contributed by atoms with Crippen molar-refractivity contribution in [1.82, 2.24) is 0 Å². The van der Waals surface area contributed by atoms with Crippen LogP contribution >= 0.6 is 43.5 Å². The monoisotopic (exact) mass is 424 g/mol. The van der Waals surface area contributed by atoms with Crippen molar-refractivity contribution < 1.29 is 13.5 Å². The number of benzene rings is 2. The average Bonchev–Trinajstić information content (AvgIpc) is 2.42. The molecule has 0 heterocycles. The highest BCUT2D eigenvalue weighted by Crippen LogP contribution is 2.36. The number of hydrogen-bond acceptors (Lipinski definition) is 1. The highest BCUT2D eigenvalue weighted by Gasteiger charge is 2.19. The molecule has 0 aromatic heterocycles. The maximum atomic E-state index is 13.9. The summed E-state index contributed by atoms with van der Waals surface area (Å²) in [4.78, 5) is 0. The van der Waals surface area contributed by atoms with E-state index in [2.05, 4.69) is 31.9 Å². The first-order valence-corrected chi connectivity index (χ1v) is 7.58. The fourth-order valence-electron chi connectivity index (χ4n) is 1.75. The van der Waals surface area contributed by atoms with Crippen LogP contribution in [-0.4, -0.2) is 7.11 Å². The number of halogens is 5. The summed E-state index contributed by atoms with van der Waals surface area (Å²) >= 11 is 12.5. The minimum Gasteiger partial charge on any atom is -0.496 e. The predicted molar refractivity (Wildman–Crippen MR) is 82.4 cm³/mol. The molecule has 2 aromatic rings. The fraction of sp³-hybridized carbons (Fsp3) is 0.143. The van der Waals surface area contributed by atoms with Crippen LogP contribution in [0.5, 0.6) is 5.75 Å². The minimum absolute atomic E-state index is 0.0681. The lowest BCUT2D eigenvalue weighted by Crippen LogP contribution is -1.99. The summed E-state index contributed by atoms with van der Waals surface area (Å²) in [5.41, 5.74) is 0.726. The Morgan fingerprint density at radius 1 is 1.05 bits per heavy atom. The lowest BCUT2D eigenvalue weighted by Gasteiger charge is -2.14. The molecule has 0 spiro atoms. The number of ether oxygens (including phenoxy) is 1. The van der Waals surface area contributed by atoms with Crippen LogP contribution in [0.1, 0.15) is 16.5 Å². The van der Waals surface area contributed by atoms with Crippen molar-refractivity contribution in [3.05, 3.63) is 62.0 Å². The van der Waals surface area contributed by atoms with Gasteiger partial charge in [-0.05, 0) is 61.7 Å². The van der Waals surface area contributed by atoms with E-state index in [1.165, 1.54) is 0 Å². The Balaban J connectivity index is 2.43. The molecule has 106 valence electrons. The second-order valence-corrected chi connectivity index (χ2v) is 6.19. The van der Waals surface area contributed by atoms with Gasteiger partial charge in [-0.15, -0.1) is 11.6 Å². The number of rotatable bonds is 3. The molecule has 1 nitrogen and oxygen atoms in total. The van der Waals surface area contributed by atoms with Crippen molar-refractivity contribution in [2.24, 2.45) is 0 Å². The van der Waals surface area contributed by atoms with Crippen LogP contribution in [-0.2, 0) is 0 Å².